The maximum absolute atomic E-state index is 14.7. The topological polar surface area (TPSA) is 43.3 Å². The number of rotatable bonds is 2. The van der Waals surface area contributed by atoms with E-state index in [1.807, 2.05) is 16.7 Å². The summed E-state index contributed by atoms with van der Waals surface area (Å²) in [5, 5.41) is 3.43. The Morgan fingerprint density at radius 3 is 3.00 bits per heavy atom. The highest BCUT2D eigenvalue weighted by molar-refractivity contribution is 5.37. The average Bonchev–Trinajstić information content (AvgIpc) is 2.56. The molecule has 4 rings (SSSR count). The molecule has 2 aromatic rings. The van der Waals surface area contributed by atoms with E-state index in [1.165, 1.54) is 13.2 Å². The first kappa shape index (κ1) is 14.5. The van der Waals surface area contributed by atoms with Gasteiger partial charge in [0.2, 0.25) is 0 Å². The summed E-state index contributed by atoms with van der Waals surface area (Å²) in [4.78, 5) is 12.3. The maximum atomic E-state index is 14.7. The highest BCUT2D eigenvalue weighted by atomic mass is 19.1. The molecule has 1 saturated heterocycles. The van der Waals surface area contributed by atoms with E-state index in [1.54, 1.807) is 18.2 Å². The Bertz CT molecular complexity index is 817. The van der Waals surface area contributed by atoms with E-state index in [4.69, 9.17) is 4.74 Å². The van der Waals surface area contributed by atoms with Gasteiger partial charge in [0.05, 0.1) is 7.11 Å². The van der Waals surface area contributed by atoms with Gasteiger partial charge in [0.1, 0.15) is 11.6 Å². The molecule has 5 heteroatoms. The van der Waals surface area contributed by atoms with Crippen LogP contribution in [0.2, 0.25) is 0 Å². The van der Waals surface area contributed by atoms with Crippen molar-refractivity contribution in [3.63, 3.8) is 0 Å². The number of nitrogens with zero attached hydrogens (tertiary/aromatic N) is 1. The van der Waals surface area contributed by atoms with Crippen LogP contribution in [0.4, 0.5) is 4.39 Å². The van der Waals surface area contributed by atoms with Gasteiger partial charge in [-0.3, -0.25) is 4.79 Å². The van der Waals surface area contributed by atoms with Gasteiger partial charge in [0.15, 0.2) is 0 Å². The second-order valence-electron chi connectivity index (χ2n) is 6.53. The lowest BCUT2D eigenvalue weighted by atomic mass is 9.68. The first-order valence-corrected chi connectivity index (χ1v) is 7.87. The Hall–Kier alpha value is -2.14. The van der Waals surface area contributed by atoms with E-state index in [9.17, 15) is 9.18 Å². The number of methoxy groups -OCH3 is 1. The number of fused-ring (bicyclic) bond motifs is 4. The summed E-state index contributed by atoms with van der Waals surface area (Å²) in [6.45, 7) is 2.01. The van der Waals surface area contributed by atoms with Crippen LogP contribution in [0, 0.1) is 5.82 Å². The van der Waals surface area contributed by atoms with Crippen molar-refractivity contribution in [2.24, 2.45) is 0 Å². The lowest BCUT2D eigenvalue weighted by Crippen LogP contribution is -2.55. The minimum Gasteiger partial charge on any atom is -0.497 e. The molecule has 23 heavy (non-hydrogen) atoms. The molecular weight excluding hydrogens is 295 g/mol. The third kappa shape index (κ3) is 2.18. The number of halogens is 1. The molecule has 1 aromatic carbocycles. The SMILES string of the molecule is COc1ccc([C@@]23CNC[C@@H](C2)c2cccc(=O)n2C3)c(F)c1. The van der Waals surface area contributed by atoms with Gasteiger partial charge >= 0.3 is 0 Å². The largest absolute Gasteiger partial charge is 0.497 e. The van der Waals surface area contributed by atoms with E-state index in [0.29, 0.717) is 24.4 Å². The van der Waals surface area contributed by atoms with Crippen molar-refractivity contribution in [3.05, 3.63) is 63.8 Å². The second kappa shape index (κ2) is 5.20. The molecule has 3 heterocycles. The standard InChI is InChI=1S/C18H19FN2O2/c1-23-13-5-6-14(15(19)7-13)18-8-12(9-20-10-18)16-3-2-4-17(22)21(16)11-18/h2-7,12,20H,8-11H2,1H3/t12-,18-/m1/s1. The molecule has 0 saturated carbocycles. The third-order valence-electron chi connectivity index (χ3n) is 5.20. The molecule has 2 aliphatic rings. The van der Waals surface area contributed by atoms with Gasteiger partial charge in [-0.1, -0.05) is 12.1 Å². The van der Waals surface area contributed by atoms with Gasteiger partial charge < -0.3 is 14.6 Å². The van der Waals surface area contributed by atoms with Crippen LogP contribution in [-0.4, -0.2) is 24.8 Å². The Morgan fingerprint density at radius 2 is 2.22 bits per heavy atom. The van der Waals surface area contributed by atoms with Crippen LogP contribution in [0.15, 0.2) is 41.2 Å². The summed E-state index contributed by atoms with van der Waals surface area (Å²) in [7, 11) is 1.53. The van der Waals surface area contributed by atoms with E-state index >= 15 is 0 Å². The van der Waals surface area contributed by atoms with E-state index in [-0.39, 0.29) is 17.3 Å². The number of pyridine rings is 1. The molecule has 0 spiro atoms. The molecular formula is C18H19FN2O2. The van der Waals surface area contributed by atoms with Gasteiger partial charge in [-0.05, 0) is 24.1 Å². The van der Waals surface area contributed by atoms with Crippen LogP contribution < -0.4 is 15.6 Å². The van der Waals surface area contributed by atoms with Crippen LogP contribution in [0.1, 0.15) is 23.6 Å². The minimum atomic E-state index is -0.391. The molecule has 0 unspecified atom stereocenters. The fourth-order valence-electron chi connectivity index (χ4n) is 4.14. The van der Waals surface area contributed by atoms with Crippen molar-refractivity contribution in [2.45, 2.75) is 24.3 Å². The molecule has 2 bridgehead atoms. The first-order chi connectivity index (χ1) is 11.1. The number of hydrogen-bond acceptors (Lipinski definition) is 3. The predicted molar refractivity (Wildman–Crippen MR) is 85.6 cm³/mol. The van der Waals surface area contributed by atoms with Crippen molar-refractivity contribution >= 4 is 0 Å². The number of piperidine rings is 1. The van der Waals surface area contributed by atoms with E-state index in [0.717, 1.165) is 18.7 Å². The van der Waals surface area contributed by atoms with E-state index < -0.39 is 5.41 Å². The molecule has 0 radical (unpaired) electrons. The molecule has 1 N–H and O–H groups in total. The Labute approximate surface area is 133 Å². The molecule has 0 amide bonds. The number of hydrogen-bond donors (Lipinski definition) is 1. The summed E-state index contributed by atoms with van der Waals surface area (Å²) in [5.41, 5.74) is 1.32. The smallest absolute Gasteiger partial charge is 0.250 e. The van der Waals surface area contributed by atoms with Crippen molar-refractivity contribution in [1.29, 1.82) is 0 Å². The van der Waals surface area contributed by atoms with Gasteiger partial charge in [-0.2, -0.15) is 0 Å². The maximum Gasteiger partial charge on any atom is 0.250 e. The van der Waals surface area contributed by atoms with Crippen molar-refractivity contribution in [1.82, 2.24) is 9.88 Å². The van der Waals surface area contributed by atoms with Crippen LogP contribution in [-0.2, 0) is 12.0 Å². The van der Waals surface area contributed by atoms with Gasteiger partial charge in [0, 0.05) is 48.8 Å². The van der Waals surface area contributed by atoms with Crippen LogP contribution >= 0.6 is 0 Å². The average molecular weight is 314 g/mol. The van der Waals surface area contributed by atoms with Crippen LogP contribution in [0.3, 0.4) is 0 Å². The highest BCUT2D eigenvalue weighted by Gasteiger charge is 2.44. The lowest BCUT2D eigenvalue weighted by Gasteiger charge is -2.47. The minimum absolute atomic E-state index is 0.00704. The fourth-order valence-corrected chi connectivity index (χ4v) is 4.14. The number of nitrogens with one attached hydrogen (secondary N) is 1. The third-order valence-corrected chi connectivity index (χ3v) is 5.20. The van der Waals surface area contributed by atoms with Gasteiger partial charge in [-0.25, -0.2) is 4.39 Å². The first-order valence-electron chi connectivity index (χ1n) is 7.87. The fraction of sp³-hybridized carbons (Fsp3) is 0.389. The van der Waals surface area contributed by atoms with Gasteiger partial charge in [0.25, 0.3) is 5.56 Å². The summed E-state index contributed by atoms with van der Waals surface area (Å²) in [6, 6.07) is 10.4. The van der Waals surface area contributed by atoms with Crippen molar-refractivity contribution < 1.29 is 9.13 Å². The molecule has 0 aliphatic carbocycles. The molecule has 4 nitrogen and oxygen atoms in total. The normalized spacial score (nSPS) is 25.7. The van der Waals surface area contributed by atoms with Crippen molar-refractivity contribution in [2.75, 3.05) is 20.2 Å². The Balaban J connectivity index is 1.85. The van der Waals surface area contributed by atoms with Crippen LogP contribution in [0.5, 0.6) is 5.75 Å². The summed E-state index contributed by atoms with van der Waals surface area (Å²) in [5.74, 6) is 0.475. The number of ether oxygens (including phenoxy) is 1. The van der Waals surface area contributed by atoms with E-state index in [2.05, 4.69) is 5.32 Å². The monoisotopic (exact) mass is 314 g/mol. The van der Waals surface area contributed by atoms with Crippen molar-refractivity contribution in [3.8, 4) is 5.75 Å². The predicted octanol–water partition coefficient (Wildman–Crippen LogP) is 2.02. The molecule has 2 aliphatic heterocycles. The zero-order valence-electron chi connectivity index (χ0n) is 13.0. The highest BCUT2D eigenvalue weighted by Crippen LogP contribution is 2.43. The number of benzene rings is 1. The summed E-state index contributed by atoms with van der Waals surface area (Å²) >= 11 is 0. The van der Waals surface area contributed by atoms with Gasteiger partial charge in [-0.15, -0.1) is 0 Å². The van der Waals surface area contributed by atoms with Crippen LogP contribution in [0.25, 0.3) is 0 Å². The number of aromatic nitrogens is 1. The zero-order valence-corrected chi connectivity index (χ0v) is 13.0. The Kier molecular flexibility index (Phi) is 3.27. The second-order valence-corrected chi connectivity index (χ2v) is 6.53. The Morgan fingerprint density at radius 1 is 1.35 bits per heavy atom. The molecule has 120 valence electrons. The quantitative estimate of drug-likeness (QED) is 0.922. The molecule has 1 aromatic heterocycles. The lowest BCUT2D eigenvalue weighted by molar-refractivity contribution is 0.202. The molecule has 2 atom stereocenters. The zero-order chi connectivity index (χ0) is 16.0. The summed E-state index contributed by atoms with van der Waals surface area (Å²) in [6.07, 6.45) is 0.854. The molecule has 1 fully saturated rings. The summed E-state index contributed by atoms with van der Waals surface area (Å²) < 4.78 is 21.6.